The Labute approximate surface area is 130 Å². The van der Waals surface area contributed by atoms with Crippen LogP contribution in [0.3, 0.4) is 0 Å². The molecule has 0 radical (unpaired) electrons. The molecule has 1 fully saturated rings. The normalized spacial score (nSPS) is 16.4. The van der Waals surface area contributed by atoms with Crippen LogP contribution in [0, 0.1) is 6.92 Å². The highest BCUT2D eigenvalue weighted by molar-refractivity contribution is 5.79. The fraction of sp³-hybridized carbons (Fsp3) is 0.438. The predicted molar refractivity (Wildman–Crippen MR) is 84.6 cm³/mol. The smallest absolute Gasteiger partial charge is 0.246 e. The van der Waals surface area contributed by atoms with Crippen LogP contribution in [-0.4, -0.2) is 29.7 Å². The molecule has 2 aromatic rings. The van der Waals surface area contributed by atoms with Gasteiger partial charge < -0.3 is 15.2 Å². The van der Waals surface area contributed by atoms with E-state index in [-0.39, 0.29) is 5.41 Å². The zero-order valence-electron chi connectivity index (χ0n) is 13.0. The topological polar surface area (TPSA) is 75.3 Å². The average Bonchev–Trinajstić information content (AvgIpc) is 3.24. The van der Waals surface area contributed by atoms with Crippen molar-refractivity contribution >= 4 is 5.96 Å². The molecule has 1 aliphatic carbocycles. The third-order valence-electron chi connectivity index (χ3n) is 4.03. The first-order chi connectivity index (χ1) is 10.7. The Morgan fingerprint density at radius 3 is 2.64 bits per heavy atom. The summed E-state index contributed by atoms with van der Waals surface area (Å²) in [5.74, 6) is 1.95. The summed E-state index contributed by atoms with van der Waals surface area (Å²) >= 11 is 0. The first-order valence-electron chi connectivity index (χ1n) is 7.51. The molecular formula is C16H21N5O. The molecule has 0 unspecified atom stereocenters. The zero-order valence-corrected chi connectivity index (χ0v) is 13.0. The number of aromatic nitrogens is 2. The Kier molecular flexibility index (Phi) is 4.09. The van der Waals surface area contributed by atoms with Crippen molar-refractivity contribution in [2.45, 2.75) is 31.7 Å². The molecule has 0 amide bonds. The van der Waals surface area contributed by atoms with Gasteiger partial charge in [-0.1, -0.05) is 35.5 Å². The highest BCUT2D eigenvalue weighted by Gasteiger charge is 2.43. The fourth-order valence-corrected chi connectivity index (χ4v) is 2.55. The molecule has 0 atom stereocenters. The van der Waals surface area contributed by atoms with Crippen LogP contribution in [0.4, 0.5) is 0 Å². The lowest BCUT2D eigenvalue weighted by Gasteiger charge is -2.18. The number of benzene rings is 1. The van der Waals surface area contributed by atoms with E-state index >= 15 is 0 Å². The van der Waals surface area contributed by atoms with Crippen LogP contribution in [0.2, 0.25) is 0 Å². The molecule has 3 rings (SSSR count). The summed E-state index contributed by atoms with van der Waals surface area (Å²) in [6.45, 7) is 3.15. The maximum atomic E-state index is 5.08. The Hall–Kier alpha value is -2.37. The molecule has 1 aromatic carbocycles. The molecule has 6 nitrogen and oxygen atoms in total. The van der Waals surface area contributed by atoms with Gasteiger partial charge in [0.25, 0.3) is 0 Å². The van der Waals surface area contributed by atoms with Crippen molar-refractivity contribution in [3.8, 4) is 0 Å². The van der Waals surface area contributed by atoms with Crippen molar-refractivity contribution in [1.82, 2.24) is 20.8 Å². The van der Waals surface area contributed by atoms with Crippen LogP contribution < -0.4 is 10.6 Å². The lowest BCUT2D eigenvalue weighted by molar-refractivity contribution is 0.371. The number of rotatable bonds is 5. The van der Waals surface area contributed by atoms with E-state index in [2.05, 4.69) is 56.1 Å². The van der Waals surface area contributed by atoms with Gasteiger partial charge in [-0.25, -0.2) is 0 Å². The van der Waals surface area contributed by atoms with E-state index in [1.54, 1.807) is 14.0 Å². The number of aryl methyl sites for hydroxylation is 1. The van der Waals surface area contributed by atoms with Gasteiger partial charge in [0.2, 0.25) is 5.89 Å². The van der Waals surface area contributed by atoms with Crippen molar-refractivity contribution < 1.29 is 4.52 Å². The minimum absolute atomic E-state index is 0.250. The van der Waals surface area contributed by atoms with Crippen molar-refractivity contribution in [2.24, 2.45) is 4.99 Å². The third-order valence-corrected chi connectivity index (χ3v) is 4.03. The number of nitrogens with one attached hydrogen (secondary N) is 2. The lowest BCUT2D eigenvalue weighted by atomic mass is 9.96. The lowest BCUT2D eigenvalue weighted by Crippen LogP contribution is -2.40. The average molecular weight is 299 g/mol. The first-order valence-corrected chi connectivity index (χ1v) is 7.51. The first kappa shape index (κ1) is 14.6. The van der Waals surface area contributed by atoms with Gasteiger partial charge in [0, 0.05) is 19.0 Å². The SMILES string of the molecule is CN=C(NCc1nc(C)no1)NCC1(c2ccccc2)CC1. The second-order valence-electron chi connectivity index (χ2n) is 5.66. The van der Waals surface area contributed by atoms with Gasteiger partial charge in [-0.05, 0) is 25.3 Å². The van der Waals surface area contributed by atoms with Crippen LogP contribution in [0.1, 0.15) is 30.1 Å². The molecule has 116 valence electrons. The summed E-state index contributed by atoms with van der Waals surface area (Å²) < 4.78 is 5.08. The van der Waals surface area contributed by atoms with E-state index in [0.29, 0.717) is 18.3 Å². The van der Waals surface area contributed by atoms with Gasteiger partial charge in [0.05, 0.1) is 6.54 Å². The zero-order chi connectivity index (χ0) is 15.4. The molecule has 2 N–H and O–H groups in total. The Balaban J connectivity index is 1.53. The summed E-state index contributed by atoms with van der Waals surface area (Å²) in [5.41, 5.74) is 1.64. The molecular weight excluding hydrogens is 278 g/mol. The van der Waals surface area contributed by atoms with Crippen molar-refractivity contribution in [3.05, 3.63) is 47.6 Å². The molecule has 1 aromatic heterocycles. The van der Waals surface area contributed by atoms with Crippen LogP contribution in [0.5, 0.6) is 0 Å². The molecule has 0 bridgehead atoms. The molecule has 1 saturated carbocycles. The van der Waals surface area contributed by atoms with E-state index in [1.165, 1.54) is 18.4 Å². The number of nitrogens with zero attached hydrogens (tertiary/aromatic N) is 3. The van der Waals surface area contributed by atoms with E-state index in [9.17, 15) is 0 Å². The highest BCUT2D eigenvalue weighted by Crippen LogP contribution is 2.47. The van der Waals surface area contributed by atoms with Gasteiger partial charge in [-0.2, -0.15) is 4.98 Å². The van der Waals surface area contributed by atoms with E-state index < -0.39 is 0 Å². The standard InChI is InChI=1S/C16H21N5O/c1-12-20-14(22-21-12)10-18-15(17-2)19-11-16(8-9-16)13-6-4-3-5-7-13/h3-7H,8-11H2,1-2H3,(H2,17,18,19). The largest absolute Gasteiger partial charge is 0.356 e. The van der Waals surface area contributed by atoms with Crippen LogP contribution in [0.25, 0.3) is 0 Å². The van der Waals surface area contributed by atoms with Crippen molar-refractivity contribution in [2.75, 3.05) is 13.6 Å². The molecule has 1 aliphatic rings. The third kappa shape index (κ3) is 3.27. The summed E-state index contributed by atoms with van der Waals surface area (Å²) in [6.07, 6.45) is 2.42. The molecule has 0 spiro atoms. The summed E-state index contributed by atoms with van der Waals surface area (Å²) in [4.78, 5) is 8.40. The van der Waals surface area contributed by atoms with Crippen LogP contribution >= 0.6 is 0 Å². The van der Waals surface area contributed by atoms with Gasteiger partial charge >= 0.3 is 0 Å². The van der Waals surface area contributed by atoms with Gasteiger partial charge in [0.1, 0.15) is 0 Å². The maximum absolute atomic E-state index is 5.08. The quantitative estimate of drug-likeness (QED) is 0.650. The number of hydrogen-bond acceptors (Lipinski definition) is 4. The predicted octanol–water partition coefficient (Wildman–Crippen LogP) is 1.77. The minimum atomic E-state index is 0.250. The van der Waals surface area contributed by atoms with Crippen molar-refractivity contribution in [1.29, 1.82) is 0 Å². The molecule has 0 saturated heterocycles. The highest BCUT2D eigenvalue weighted by atomic mass is 16.5. The van der Waals surface area contributed by atoms with Gasteiger partial charge in [-0.3, -0.25) is 4.99 Å². The summed E-state index contributed by atoms with van der Waals surface area (Å²) in [7, 11) is 1.76. The molecule has 22 heavy (non-hydrogen) atoms. The van der Waals surface area contributed by atoms with Crippen LogP contribution in [0.15, 0.2) is 39.8 Å². The Morgan fingerprint density at radius 1 is 1.27 bits per heavy atom. The monoisotopic (exact) mass is 299 g/mol. The molecule has 6 heteroatoms. The number of aliphatic imine (C=N–C) groups is 1. The van der Waals surface area contributed by atoms with Gasteiger partial charge in [0.15, 0.2) is 11.8 Å². The molecule has 0 aliphatic heterocycles. The van der Waals surface area contributed by atoms with E-state index in [1.807, 2.05) is 0 Å². The summed E-state index contributed by atoms with van der Waals surface area (Å²) in [5, 5.41) is 10.4. The minimum Gasteiger partial charge on any atom is -0.356 e. The van der Waals surface area contributed by atoms with Crippen molar-refractivity contribution in [3.63, 3.8) is 0 Å². The molecule has 1 heterocycles. The second-order valence-corrected chi connectivity index (χ2v) is 5.66. The number of hydrogen-bond donors (Lipinski definition) is 2. The van der Waals surface area contributed by atoms with Gasteiger partial charge in [-0.15, -0.1) is 0 Å². The maximum Gasteiger partial charge on any atom is 0.246 e. The summed E-state index contributed by atoms with van der Waals surface area (Å²) in [6, 6.07) is 10.7. The Morgan fingerprint density at radius 2 is 2.05 bits per heavy atom. The van der Waals surface area contributed by atoms with E-state index in [4.69, 9.17) is 4.52 Å². The second kappa shape index (κ2) is 6.17. The van der Waals surface area contributed by atoms with Crippen LogP contribution in [-0.2, 0) is 12.0 Å². The Bertz CT molecular complexity index is 646. The fourth-order valence-electron chi connectivity index (χ4n) is 2.55. The van der Waals surface area contributed by atoms with E-state index in [0.717, 1.165) is 12.5 Å². The number of guanidine groups is 1.